The van der Waals surface area contributed by atoms with Crippen LogP contribution in [-0.2, 0) is 18.3 Å². The monoisotopic (exact) mass is 345 g/mol. The molecule has 0 aromatic carbocycles. The molecule has 0 atom stereocenters. The van der Waals surface area contributed by atoms with E-state index in [1.54, 1.807) is 12.3 Å². The molecular formula is C17H19N3O5. The lowest BCUT2D eigenvalue weighted by Gasteiger charge is -2.12. The Bertz CT molecular complexity index is 915. The van der Waals surface area contributed by atoms with Crippen LogP contribution < -0.4 is 10.9 Å². The van der Waals surface area contributed by atoms with Crippen LogP contribution in [0, 0.1) is 5.92 Å². The number of aromatic nitrogens is 2. The molecule has 1 aliphatic rings. The van der Waals surface area contributed by atoms with Crippen molar-refractivity contribution in [2.75, 3.05) is 6.54 Å². The number of aliphatic carboxylic acids is 1. The molecular weight excluding hydrogens is 326 g/mol. The molecule has 1 saturated carbocycles. The molecule has 0 saturated heterocycles. The summed E-state index contributed by atoms with van der Waals surface area (Å²) in [4.78, 5) is 39.3. The van der Waals surface area contributed by atoms with Crippen molar-refractivity contribution in [3.63, 3.8) is 0 Å². The number of fused-ring (bicyclic) bond motifs is 1. The van der Waals surface area contributed by atoms with Crippen LogP contribution in [0.2, 0.25) is 0 Å². The third-order valence-electron chi connectivity index (χ3n) is 4.42. The van der Waals surface area contributed by atoms with E-state index in [1.807, 2.05) is 0 Å². The summed E-state index contributed by atoms with van der Waals surface area (Å²) in [7, 11) is 1.45. The average Bonchev–Trinajstić information content (AvgIpc) is 3.40. The number of amides is 1. The zero-order valence-electron chi connectivity index (χ0n) is 13.8. The minimum atomic E-state index is -1.24. The molecule has 2 heterocycles. The highest BCUT2D eigenvalue weighted by Gasteiger charge is 2.23. The predicted octanol–water partition coefficient (Wildman–Crippen LogP) is 0.796. The van der Waals surface area contributed by atoms with Gasteiger partial charge in [-0.15, -0.1) is 0 Å². The van der Waals surface area contributed by atoms with E-state index >= 15 is 0 Å². The standard InChI is InChI=1S/C17H19N3O5/c1-20-15-11(6-10(7-18-15)5-4-9-2-3-9)14(23)13(17(20)25)16(24)19-8-12(21)22/h6-7,9,23H,2-5,8H2,1H3,(H,19,24)(H,21,22). The SMILES string of the molecule is Cn1c(=O)c(C(=O)NCC(=O)O)c(O)c2cc(CCC3CC3)cnc21. The first-order valence-corrected chi connectivity index (χ1v) is 8.09. The maximum Gasteiger partial charge on any atom is 0.322 e. The van der Waals surface area contributed by atoms with E-state index in [1.165, 1.54) is 24.5 Å². The van der Waals surface area contributed by atoms with Crippen LogP contribution >= 0.6 is 0 Å². The fourth-order valence-electron chi connectivity index (χ4n) is 2.81. The van der Waals surface area contributed by atoms with Gasteiger partial charge in [-0.3, -0.25) is 19.0 Å². The second kappa shape index (κ2) is 6.54. The van der Waals surface area contributed by atoms with Gasteiger partial charge in [-0.25, -0.2) is 4.98 Å². The number of pyridine rings is 2. The summed E-state index contributed by atoms with van der Waals surface area (Å²) in [6, 6.07) is 1.73. The van der Waals surface area contributed by atoms with Gasteiger partial charge in [0.25, 0.3) is 11.5 Å². The van der Waals surface area contributed by atoms with Gasteiger partial charge >= 0.3 is 5.97 Å². The van der Waals surface area contributed by atoms with E-state index in [9.17, 15) is 19.5 Å². The van der Waals surface area contributed by atoms with Gasteiger partial charge in [0.05, 0.1) is 5.39 Å². The lowest BCUT2D eigenvalue weighted by atomic mass is 10.1. The maximum absolute atomic E-state index is 12.4. The molecule has 0 radical (unpaired) electrons. The number of nitrogens with one attached hydrogen (secondary N) is 1. The van der Waals surface area contributed by atoms with Gasteiger partial charge in [0, 0.05) is 13.2 Å². The second-order valence-corrected chi connectivity index (χ2v) is 6.36. The highest BCUT2D eigenvalue weighted by molar-refractivity contribution is 6.02. The molecule has 25 heavy (non-hydrogen) atoms. The number of aryl methyl sites for hydroxylation is 2. The van der Waals surface area contributed by atoms with Crippen LogP contribution in [0.4, 0.5) is 0 Å². The van der Waals surface area contributed by atoms with Crippen molar-refractivity contribution in [2.24, 2.45) is 13.0 Å². The molecule has 132 valence electrons. The molecule has 8 heteroatoms. The predicted molar refractivity (Wildman–Crippen MR) is 89.7 cm³/mol. The number of aromatic hydroxyl groups is 1. The maximum atomic E-state index is 12.4. The quantitative estimate of drug-likeness (QED) is 0.712. The normalized spacial score (nSPS) is 13.8. The summed E-state index contributed by atoms with van der Waals surface area (Å²) >= 11 is 0. The van der Waals surface area contributed by atoms with Gasteiger partial charge in [-0.1, -0.05) is 12.8 Å². The molecule has 1 amide bonds. The molecule has 2 aromatic rings. The van der Waals surface area contributed by atoms with Crippen LogP contribution in [0.15, 0.2) is 17.1 Å². The number of nitrogens with zero attached hydrogens (tertiary/aromatic N) is 2. The van der Waals surface area contributed by atoms with Crippen LogP contribution in [0.1, 0.15) is 35.2 Å². The Labute approximate surface area is 143 Å². The molecule has 1 fully saturated rings. The van der Waals surface area contributed by atoms with E-state index < -0.39 is 35.3 Å². The minimum absolute atomic E-state index is 0.271. The number of carboxylic acids is 1. The average molecular weight is 345 g/mol. The Morgan fingerprint density at radius 1 is 1.40 bits per heavy atom. The molecule has 0 bridgehead atoms. The van der Waals surface area contributed by atoms with Gasteiger partial charge in [-0.05, 0) is 30.4 Å². The number of carbonyl (C=O) groups is 2. The first-order chi connectivity index (χ1) is 11.9. The second-order valence-electron chi connectivity index (χ2n) is 6.36. The van der Waals surface area contributed by atoms with E-state index in [0.29, 0.717) is 5.39 Å². The largest absolute Gasteiger partial charge is 0.506 e. The zero-order chi connectivity index (χ0) is 18.1. The van der Waals surface area contributed by atoms with Gasteiger partial charge in [0.15, 0.2) is 0 Å². The molecule has 0 spiro atoms. The summed E-state index contributed by atoms with van der Waals surface area (Å²) in [5.74, 6) is -1.89. The Hall–Kier alpha value is -2.90. The van der Waals surface area contributed by atoms with Gasteiger partial charge in [0.2, 0.25) is 0 Å². The molecule has 8 nitrogen and oxygen atoms in total. The van der Waals surface area contributed by atoms with E-state index in [-0.39, 0.29) is 5.65 Å². The van der Waals surface area contributed by atoms with Gasteiger partial charge < -0.3 is 15.5 Å². The first-order valence-electron chi connectivity index (χ1n) is 8.09. The van der Waals surface area contributed by atoms with Crippen molar-refractivity contribution in [3.05, 3.63) is 33.7 Å². The fourth-order valence-corrected chi connectivity index (χ4v) is 2.81. The third-order valence-corrected chi connectivity index (χ3v) is 4.42. The Balaban J connectivity index is 2.02. The molecule has 3 N–H and O–H groups in total. The Kier molecular flexibility index (Phi) is 4.43. The molecule has 2 aromatic heterocycles. The lowest BCUT2D eigenvalue weighted by molar-refractivity contribution is -0.135. The molecule has 3 rings (SSSR count). The van der Waals surface area contributed by atoms with Crippen molar-refractivity contribution in [1.29, 1.82) is 0 Å². The summed E-state index contributed by atoms with van der Waals surface area (Å²) in [6.07, 6.45) is 6.03. The minimum Gasteiger partial charge on any atom is -0.506 e. The van der Waals surface area contributed by atoms with Crippen molar-refractivity contribution in [3.8, 4) is 5.75 Å². The molecule has 0 unspecified atom stereocenters. The first kappa shape index (κ1) is 16.9. The van der Waals surface area contributed by atoms with Crippen molar-refractivity contribution < 1.29 is 19.8 Å². The van der Waals surface area contributed by atoms with Crippen molar-refractivity contribution in [2.45, 2.75) is 25.7 Å². The van der Waals surface area contributed by atoms with Crippen LogP contribution in [0.5, 0.6) is 5.75 Å². The zero-order valence-corrected chi connectivity index (χ0v) is 13.8. The number of hydrogen-bond donors (Lipinski definition) is 3. The van der Waals surface area contributed by atoms with Gasteiger partial charge in [-0.2, -0.15) is 0 Å². The highest BCUT2D eigenvalue weighted by atomic mass is 16.4. The number of carboxylic acid groups (broad SMARTS) is 1. The number of rotatable bonds is 6. The number of hydrogen-bond acceptors (Lipinski definition) is 5. The molecule has 0 aliphatic heterocycles. The topological polar surface area (TPSA) is 122 Å². The van der Waals surface area contributed by atoms with E-state index in [0.717, 1.165) is 24.3 Å². The van der Waals surface area contributed by atoms with E-state index in [2.05, 4.69) is 10.3 Å². The summed E-state index contributed by atoms with van der Waals surface area (Å²) in [6.45, 7) is -0.640. The van der Waals surface area contributed by atoms with Crippen LogP contribution in [-0.4, -0.2) is 38.2 Å². The highest BCUT2D eigenvalue weighted by Crippen LogP contribution is 2.34. The van der Waals surface area contributed by atoms with Gasteiger partial charge in [0.1, 0.15) is 23.5 Å². The summed E-state index contributed by atoms with van der Waals surface area (Å²) in [5.41, 5.74) is -0.0128. The third kappa shape index (κ3) is 3.47. The Morgan fingerprint density at radius 2 is 2.12 bits per heavy atom. The smallest absolute Gasteiger partial charge is 0.322 e. The summed E-state index contributed by atoms with van der Waals surface area (Å²) in [5, 5.41) is 21.5. The Morgan fingerprint density at radius 3 is 2.76 bits per heavy atom. The molecule has 1 aliphatic carbocycles. The number of carbonyl (C=O) groups excluding carboxylic acids is 1. The summed E-state index contributed by atoms with van der Waals surface area (Å²) < 4.78 is 1.18. The van der Waals surface area contributed by atoms with Crippen molar-refractivity contribution in [1.82, 2.24) is 14.9 Å². The van der Waals surface area contributed by atoms with Crippen molar-refractivity contribution >= 4 is 22.9 Å². The fraction of sp³-hybridized carbons (Fsp3) is 0.412. The lowest BCUT2D eigenvalue weighted by Crippen LogP contribution is -2.35. The van der Waals surface area contributed by atoms with E-state index in [4.69, 9.17) is 5.11 Å². The van der Waals surface area contributed by atoms with Crippen LogP contribution in [0.3, 0.4) is 0 Å². The van der Waals surface area contributed by atoms with Crippen LogP contribution in [0.25, 0.3) is 11.0 Å².